The van der Waals surface area contributed by atoms with Gasteiger partial charge in [0.1, 0.15) is 18.1 Å². The molecule has 1 N–H and O–H groups in total. The van der Waals surface area contributed by atoms with Gasteiger partial charge in [-0.05, 0) is 62.6 Å². The van der Waals surface area contributed by atoms with Gasteiger partial charge in [0, 0.05) is 5.02 Å². The van der Waals surface area contributed by atoms with E-state index in [0.717, 1.165) is 22.4 Å². The van der Waals surface area contributed by atoms with Gasteiger partial charge in [-0.25, -0.2) is 0 Å². The Morgan fingerprint density at radius 3 is 2.56 bits per heavy atom. The molecule has 1 atom stereocenters. The van der Waals surface area contributed by atoms with Crippen LogP contribution < -0.4 is 14.8 Å². The average Bonchev–Trinajstić information content (AvgIpc) is 2.57. The zero-order chi connectivity index (χ0) is 18.4. The van der Waals surface area contributed by atoms with Gasteiger partial charge in [0.15, 0.2) is 6.10 Å². The van der Waals surface area contributed by atoms with Gasteiger partial charge < -0.3 is 14.8 Å². The topological polar surface area (TPSA) is 47.6 Å². The number of rotatable bonds is 7. The van der Waals surface area contributed by atoms with Crippen LogP contribution in [-0.2, 0) is 4.79 Å². The molecule has 2 aromatic rings. The molecule has 1 amide bonds. The molecule has 0 radical (unpaired) electrons. The van der Waals surface area contributed by atoms with E-state index in [1.165, 1.54) is 0 Å². The minimum Gasteiger partial charge on any atom is -0.492 e. The van der Waals surface area contributed by atoms with Gasteiger partial charge in [0.2, 0.25) is 0 Å². The molecular weight excluding hydrogens is 338 g/mol. The van der Waals surface area contributed by atoms with Crippen LogP contribution in [0.2, 0.25) is 5.02 Å². The lowest BCUT2D eigenvalue weighted by Gasteiger charge is -2.17. The first kappa shape index (κ1) is 19.1. The third-order valence-electron chi connectivity index (χ3n) is 3.83. The quantitative estimate of drug-likeness (QED) is 0.751. The third kappa shape index (κ3) is 5.68. The zero-order valence-electron chi connectivity index (χ0n) is 15.1. The van der Waals surface area contributed by atoms with Gasteiger partial charge in [-0.3, -0.25) is 4.79 Å². The van der Waals surface area contributed by atoms with Crippen LogP contribution in [0, 0.1) is 20.8 Å². The van der Waals surface area contributed by atoms with Crippen molar-refractivity contribution < 1.29 is 14.3 Å². The number of benzene rings is 2. The van der Waals surface area contributed by atoms with Crippen LogP contribution >= 0.6 is 11.6 Å². The highest BCUT2D eigenvalue weighted by Crippen LogP contribution is 2.22. The van der Waals surface area contributed by atoms with Crippen LogP contribution in [0.5, 0.6) is 11.5 Å². The SMILES string of the molecule is Cc1ccc(C)c(OC(C)C(=O)NCCOc2ccc(C)c(Cl)c2)c1. The summed E-state index contributed by atoms with van der Waals surface area (Å²) in [6.45, 7) is 8.37. The number of nitrogens with one attached hydrogen (secondary N) is 1. The van der Waals surface area contributed by atoms with Gasteiger partial charge in [-0.2, -0.15) is 0 Å². The largest absolute Gasteiger partial charge is 0.492 e. The van der Waals surface area contributed by atoms with Crippen molar-refractivity contribution in [2.75, 3.05) is 13.2 Å². The van der Waals surface area contributed by atoms with Crippen molar-refractivity contribution in [1.82, 2.24) is 5.32 Å². The number of hydrogen-bond donors (Lipinski definition) is 1. The minimum atomic E-state index is -0.575. The molecule has 0 aliphatic heterocycles. The lowest BCUT2D eigenvalue weighted by Crippen LogP contribution is -2.38. The Morgan fingerprint density at radius 1 is 1.12 bits per heavy atom. The third-order valence-corrected chi connectivity index (χ3v) is 4.24. The number of hydrogen-bond acceptors (Lipinski definition) is 3. The molecule has 0 aromatic heterocycles. The summed E-state index contributed by atoms with van der Waals surface area (Å²) in [5, 5.41) is 3.48. The molecule has 5 heteroatoms. The minimum absolute atomic E-state index is 0.175. The fourth-order valence-corrected chi connectivity index (χ4v) is 2.40. The molecule has 0 bridgehead atoms. The number of carbonyl (C=O) groups is 1. The van der Waals surface area contributed by atoms with Gasteiger partial charge in [-0.15, -0.1) is 0 Å². The Morgan fingerprint density at radius 2 is 1.84 bits per heavy atom. The number of amides is 1. The van der Waals surface area contributed by atoms with E-state index in [9.17, 15) is 4.79 Å². The van der Waals surface area contributed by atoms with Gasteiger partial charge in [0.05, 0.1) is 6.54 Å². The highest BCUT2D eigenvalue weighted by Gasteiger charge is 2.15. The lowest BCUT2D eigenvalue weighted by molar-refractivity contribution is -0.127. The van der Waals surface area contributed by atoms with E-state index < -0.39 is 6.10 Å². The maximum Gasteiger partial charge on any atom is 0.260 e. The predicted octanol–water partition coefficient (Wildman–Crippen LogP) is 4.23. The second-order valence-electron chi connectivity index (χ2n) is 6.08. The highest BCUT2D eigenvalue weighted by molar-refractivity contribution is 6.31. The molecule has 134 valence electrons. The molecule has 0 heterocycles. The number of ether oxygens (including phenoxy) is 2. The van der Waals surface area contributed by atoms with Crippen molar-refractivity contribution >= 4 is 17.5 Å². The standard InChI is InChI=1S/C20H24ClNO3/c1-13-5-6-15(3)19(11-13)25-16(4)20(23)22-9-10-24-17-8-7-14(2)18(21)12-17/h5-8,11-12,16H,9-10H2,1-4H3,(H,22,23). The van der Waals surface area contributed by atoms with E-state index in [-0.39, 0.29) is 5.91 Å². The van der Waals surface area contributed by atoms with Crippen LogP contribution in [0.1, 0.15) is 23.6 Å². The maximum atomic E-state index is 12.1. The Labute approximate surface area is 154 Å². The van der Waals surface area contributed by atoms with Crippen molar-refractivity contribution in [1.29, 1.82) is 0 Å². The average molecular weight is 362 g/mol. The van der Waals surface area contributed by atoms with Crippen molar-refractivity contribution in [3.63, 3.8) is 0 Å². The molecule has 0 saturated heterocycles. The summed E-state index contributed by atoms with van der Waals surface area (Å²) in [7, 11) is 0. The first-order valence-corrected chi connectivity index (χ1v) is 8.65. The van der Waals surface area contributed by atoms with Crippen LogP contribution in [-0.4, -0.2) is 25.2 Å². The van der Waals surface area contributed by atoms with E-state index in [1.54, 1.807) is 13.0 Å². The van der Waals surface area contributed by atoms with Crippen LogP contribution in [0.4, 0.5) is 0 Å². The Hall–Kier alpha value is -2.20. The zero-order valence-corrected chi connectivity index (χ0v) is 15.8. The van der Waals surface area contributed by atoms with Crippen LogP contribution in [0.15, 0.2) is 36.4 Å². The molecule has 25 heavy (non-hydrogen) atoms. The molecule has 4 nitrogen and oxygen atoms in total. The highest BCUT2D eigenvalue weighted by atomic mass is 35.5. The number of aryl methyl sites for hydroxylation is 3. The Balaban J connectivity index is 1.77. The van der Waals surface area contributed by atoms with E-state index in [4.69, 9.17) is 21.1 Å². The second-order valence-corrected chi connectivity index (χ2v) is 6.49. The molecule has 0 aliphatic rings. The molecule has 2 aromatic carbocycles. The molecule has 0 saturated carbocycles. The van der Waals surface area contributed by atoms with E-state index in [1.807, 2.05) is 51.1 Å². The molecule has 2 rings (SSSR count). The summed E-state index contributed by atoms with van der Waals surface area (Å²) in [5.41, 5.74) is 3.10. The van der Waals surface area contributed by atoms with Crippen molar-refractivity contribution in [3.8, 4) is 11.5 Å². The lowest BCUT2D eigenvalue weighted by atomic mass is 10.1. The summed E-state index contributed by atoms with van der Waals surface area (Å²) in [6, 6.07) is 11.5. The van der Waals surface area contributed by atoms with Gasteiger partial charge >= 0.3 is 0 Å². The molecular formula is C20H24ClNO3. The van der Waals surface area contributed by atoms with Gasteiger partial charge in [0.25, 0.3) is 5.91 Å². The first-order chi connectivity index (χ1) is 11.9. The van der Waals surface area contributed by atoms with Crippen molar-refractivity contribution in [2.45, 2.75) is 33.8 Å². The monoisotopic (exact) mass is 361 g/mol. The molecule has 1 unspecified atom stereocenters. The summed E-state index contributed by atoms with van der Waals surface area (Å²) < 4.78 is 11.3. The van der Waals surface area contributed by atoms with E-state index in [0.29, 0.717) is 23.9 Å². The molecule has 0 aliphatic carbocycles. The first-order valence-electron chi connectivity index (χ1n) is 8.27. The second kappa shape index (κ2) is 8.77. The number of halogens is 1. The normalized spacial score (nSPS) is 11.7. The van der Waals surface area contributed by atoms with Crippen LogP contribution in [0.3, 0.4) is 0 Å². The fraction of sp³-hybridized carbons (Fsp3) is 0.350. The van der Waals surface area contributed by atoms with E-state index in [2.05, 4.69) is 5.32 Å². The maximum absolute atomic E-state index is 12.1. The summed E-state index contributed by atoms with van der Waals surface area (Å²) in [4.78, 5) is 12.1. The predicted molar refractivity (Wildman–Crippen MR) is 101 cm³/mol. The smallest absolute Gasteiger partial charge is 0.260 e. The van der Waals surface area contributed by atoms with E-state index >= 15 is 0 Å². The Kier molecular flexibility index (Phi) is 6.71. The van der Waals surface area contributed by atoms with Crippen LogP contribution in [0.25, 0.3) is 0 Å². The number of carbonyl (C=O) groups excluding carboxylic acids is 1. The van der Waals surface area contributed by atoms with Crippen molar-refractivity contribution in [3.05, 3.63) is 58.1 Å². The summed E-state index contributed by atoms with van der Waals surface area (Å²) in [5.74, 6) is 1.24. The molecule has 0 fully saturated rings. The molecule has 0 spiro atoms. The summed E-state index contributed by atoms with van der Waals surface area (Å²) >= 11 is 6.05. The summed E-state index contributed by atoms with van der Waals surface area (Å²) in [6.07, 6.45) is -0.575. The Bertz CT molecular complexity index is 746. The fourth-order valence-electron chi connectivity index (χ4n) is 2.23. The van der Waals surface area contributed by atoms with Gasteiger partial charge in [-0.1, -0.05) is 29.8 Å². The van der Waals surface area contributed by atoms with Crippen molar-refractivity contribution in [2.24, 2.45) is 0 Å².